The Bertz CT molecular complexity index is 1050. The smallest absolute Gasteiger partial charge is 0.407 e. The Hall–Kier alpha value is -2.98. The van der Waals surface area contributed by atoms with Crippen molar-refractivity contribution in [2.24, 2.45) is 11.8 Å². The molecule has 0 unspecified atom stereocenters. The number of rotatable bonds is 12. The van der Waals surface area contributed by atoms with Gasteiger partial charge in [0.2, 0.25) is 0 Å². The van der Waals surface area contributed by atoms with Gasteiger partial charge in [0.15, 0.2) is 0 Å². The molecule has 210 valence electrons. The van der Waals surface area contributed by atoms with Gasteiger partial charge in [0.25, 0.3) is 5.91 Å². The normalized spacial score (nSPS) is 14.8. The third-order valence-corrected chi connectivity index (χ3v) is 6.87. The van der Waals surface area contributed by atoms with E-state index in [9.17, 15) is 19.5 Å². The van der Waals surface area contributed by atoms with Gasteiger partial charge in [-0.05, 0) is 45.1 Å². The number of hydrogen-bond acceptors (Lipinski definition) is 8. The maximum Gasteiger partial charge on any atom is 0.407 e. The van der Waals surface area contributed by atoms with Crippen molar-refractivity contribution in [2.45, 2.75) is 84.6 Å². The predicted octanol–water partition coefficient (Wildman–Crippen LogP) is 4.66. The number of carbonyl (C=O) groups excluding carboxylic acids is 3. The molecule has 0 saturated heterocycles. The van der Waals surface area contributed by atoms with Gasteiger partial charge in [-0.15, -0.1) is 11.3 Å². The number of nitrogens with zero attached hydrogens (tertiary/aromatic N) is 1. The maximum atomic E-state index is 13.1. The number of amides is 2. The molecule has 0 fully saturated rings. The third kappa shape index (κ3) is 10.4. The Morgan fingerprint density at radius 2 is 1.71 bits per heavy atom. The molecule has 0 saturated carbocycles. The minimum Gasteiger partial charge on any atom is -0.469 e. The van der Waals surface area contributed by atoms with Crippen LogP contribution in [0.5, 0.6) is 0 Å². The topological polar surface area (TPSA) is 127 Å². The molecular formula is C28H41N3O6S. The van der Waals surface area contributed by atoms with Crippen molar-refractivity contribution in [1.82, 2.24) is 15.6 Å². The molecule has 2 amide bonds. The first-order valence-electron chi connectivity index (χ1n) is 12.8. The fraction of sp³-hybridized carbons (Fsp3) is 0.571. The molecule has 0 aliphatic heterocycles. The SMILES string of the molecule is COC(=O)[C@@H](C)C[C@H](Cc1ccccc1)NC(=O)c1csc([C@H](O)C[C@@H](NC(=O)OC(C)(C)C)C(C)C)n1. The Labute approximate surface area is 229 Å². The predicted molar refractivity (Wildman–Crippen MR) is 147 cm³/mol. The summed E-state index contributed by atoms with van der Waals surface area (Å²) in [6, 6.07) is 9.03. The van der Waals surface area contributed by atoms with Gasteiger partial charge < -0.3 is 25.2 Å². The molecular weight excluding hydrogens is 506 g/mol. The Kier molecular flexibility index (Phi) is 11.7. The maximum absolute atomic E-state index is 13.1. The zero-order chi connectivity index (χ0) is 28.5. The third-order valence-electron chi connectivity index (χ3n) is 5.93. The average Bonchev–Trinajstić information content (AvgIpc) is 3.33. The van der Waals surface area contributed by atoms with E-state index in [1.807, 2.05) is 44.2 Å². The Morgan fingerprint density at radius 1 is 1.05 bits per heavy atom. The summed E-state index contributed by atoms with van der Waals surface area (Å²) in [6.45, 7) is 11.0. The van der Waals surface area contributed by atoms with Crippen LogP contribution >= 0.6 is 11.3 Å². The van der Waals surface area contributed by atoms with Gasteiger partial charge in [-0.3, -0.25) is 9.59 Å². The summed E-state index contributed by atoms with van der Waals surface area (Å²) in [7, 11) is 1.35. The number of aromatic nitrogens is 1. The molecule has 0 spiro atoms. The highest BCUT2D eigenvalue weighted by Crippen LogP contribution is 2.25. The van der Waals surface area contributed by atoms with Crippen LogP contribution in [0.2, 0.25) is 0 Å². The molecule has 38 heavy (non-hydrogen) atoms. The summed E-state index contributed by atoms with van der Waals surface area (Å²) < 4.78 is 10.2. The molecule has 9 nitrogen and oxygen atoms in total. The molecule has 0 radical (unpaired) electrons. The van der Waals surface area contributed by atoms with Gasteiger partial charge in [0, 0.05) is 23.9 Å². The van der Waals surface area contributed by atoms with Gasteiger partial charge >= 0.3 is 12.1 Å². The van der Waals surface area contributed by atoms with E-state index in [1.165, 1.54) is 18.4 Å². The number of thiazole rings is 1. The van der Waals surface area contributed by atoms with Crippen molar-refractivity contribution < 1.29 is 29.0 Å². The number of benzene rings is 1. The summed E-state index contributed by atoms with van der Waals surface area (Å²) in [6.07, 6.45) is -0.352. The highest BCUT2D eigenvalue weighted by atomic mass is 32.1. The van der Waals surface area contributed by atoms with E-state index in [4.69, 9.17) is 9.47 Å². The minimum atomic E-state index is -0.969. The van der Waals surface area contributed by atoms with Crippen molar-refractivity contribution in [1.29, 1.82) is 0 Å². The van der Waals surface area contributed by atoms with Gasteiger partial charge in [0.05, 0.1) is 13.0 Å². The number of nitrogens with one attached hydrogen (secondary N) is 2. The molecule has 2 rings (SSSR count). The highest BCUT2D eigenvalue weighted by Gasteiger charge is 2.27. The van der Waals surface area contributed by atoms with Gasteiger partial charge in [0.1, 0.15) is 22.4 Å². The molecule has 0 aliphatic carbocycles. The van der Waals surface area contributed by atoms with Crippen molar-refractivity contribution >= 4 is 29.3 Å². The van der Waals surface area contributed by atoms with Crippen molar-refractivity contribution in [3.05, 3.63) is 52.0 Å². The lowest BCUT2D eigenvalue weighted by molar-refractivity contribution is -0.145. The lowest BCUT2D eigenvalue weighted by Crippen LogP contribution is -2.42. The van der Waals surface area contributed by atoms with Crippen LogP contribution in [-0.2, 0) is 20.7 Å². The first-order valence-corrected chi connectivity index (χ1v) is 13.7. The van der Waals surface area contributed by atoms with Crippen LogP contribution in [0.3, 0.4) is 0 Å². The number of aliphatic hydroxyl groups is 1. The van der Waals surface area contributed by atoms with Gasteiger partial charge in [-0.1, -0.05) is 51.1 Å². The molecule has 0 aliphatic rings. The summed E-state index contributed by atoms with van der Waals surface area (Å²) in [5.74, 6) is -1.08. The van der Waals surface area contributed by atoms with Crippen LogP contribution in [0, 0.1) is 11.8 Å². The zero-order valence-electron chi connectivity index (χ0n) is 23.3. The largest absolute Gasteiger partial charge is 0.469 e. The van der Waals surface area contributed by atoms with Gasteiger partial charge in [-0.25, -0.2) is 9.78 Å². The van der Waals surface area contributed by atoms with Crippen LogP contribution in [0.25, 0.3) is 0 Å². The second-order valence-corrected chi connectivity index (χ2v) is 11.7. The standard InChI is InChI=1S/C28H41N3O6S/c1-17(2)21(31-27(35)37-28(4,5)6)15-23(32)25-30-22(16-38-25)24(33)29-20(13-18(3)26(34)36-7)14-19-11-9-8-10-12-19/h8-12,16-18,20-21,23,32H,13-15H2,1-7H3,(H,29,33)(H,31,35)/t18-,20+,21+,23+/m0/s1. The Morgan fingerprint density at radius 3 is 2.29 bits per heavy atom. The van der Waals surface area contributed by atoms with Crippen LogP contribution in [0.15, 0.2) is 35.7 Å². The van der Waals surface area contributed by atoms with E-state index in [0.717, 1.165) is 5.56 Å². The summed E-state index contributed by atoms with van der Waals surface area (Å²) in [5, 5.41) is 18.6. The number of esters is 1. The highest BCUT2D eigenvalue weighted by molar-refractivity contribution is 7.09. The van der Waals surface area contributed by atoms with E-state index in [2.05, 4.69) is 15.6 Å². The molecule has 1 heterocycles. The molecule has 3 N–H and O–H groups in total. The molecule has 0 bridgehead atoms. The molecule has 4 atom stereocenters. The van der Waals surface area contributed by atoms with Crippen LogP contribution in [0.4, 0.5) is 4.79 Å². The van der Waals surface area contributed by atoms with E-state index in [-0.39, 0.29) is 42.0 Å². The van der Waals surface area contributed by atoms with Crippen molar-refractivity contribution in [3.8, 4) is 0 Å². The molecule has 1 aromatic carbocycles. The second kappa shape index (κ2) is 14.2. The summed E-state index contributed by atoms with van der Waals surface area (Å²) >= 11 is 1.18. The van der Waals surface area contributed by atoms with Crippen LogP contribution in [0.1, 0.15) is 81.5 Å². The first-order chi connectivity index (χ1) is 17.8. The number of ether oxygens (including phenoxy) is 2. The van der Waals surface area contributed by atoms with Crippen molar-refractivity contribution in [2.75, 3.05) is 7.11 Å². The van der Waals surface area contributed by atoms with Crippen LogP contribution in [-0.4, -0.2) is 52.9 Å². The number of aliphatic hydroxyl groups excluding tert-OH is 1. The summed E-state index contributed by atoms with van der Waals surface area (Å²) in [5.41, 5.74) is 0.588. The minimum absolute atomic E-state index is 0.0374. The zero-order valence-corrected chi connectivity index (χ0v) is 24.1. The molecule has 1 aromatic heterocycles. The number of hydrogen-bond donors (Lipinski definition) is 3. The number of alkyl carbamates (subject to hydrolysis) is 1. The molecule has 2 aromatic rings. The van der Waals surface area contributed by atoms with E-state index in [1.54, 1.807) is 33.1 Å². The lowest BCUT2D eigenvalue weighted by atomic mass is 9.96. The van der Waals surface area contributed by atoms with Crippen molar-refractivity contribution in [3.63, 3.8) is 0 Å². The van der Waals surface area contributed by atoms with E-state index >= 15 is 0 Å². The Balaban J connectivity index is 2.08. The average molecular weight is 548 g/mol. The first kappa shape index (κ1) is 31.2. The second-order valence-electron chi connectivity index (χ2n) is 10.8. The number of carbonyl (C=O) groups is 3. The van der Waals surface area contributed by atoms with E-state index in [0.29, 0.717) is 17.8 Å². The van der Waals surface area contributed by atoms with Crippen LogP contribution < -0.4 is 10.6 Å². The monoisotopic (exact) mass is 547 g/mol. The van der Waals surface area contributed by atoms with E-state index < -0.39 is 23.7 Å². The fourth-order valence-corrected chi connectivity index (χ4v) is 4.71. The fourth-order valence-electron chi connectivity index (χ4n) is 3.92. The summed E-state index contributed by atoms with van der Waals surface area (Å²) in [4.78, 5) is 41.7. The number of methoxy groups -OCH3 is 1. The molecule has 10 heteroatoms. The lowest BCUT2D eigenvalue weighted by Gasteiger charge is -2.26. The quantitative estimate of drug-likeness (QED) is 0.330. The van der Waals surface area contributed by atoms with Gasteiger partial charge in [-0.2, -0.15) is 0 Å².